The first kappa shape index (κ1) is 13.6. The summed E-state index contributed by atoms with van der Waals surface area (Å²) in [6.45, 7) is 8.78. The third-order valence-electron chi connectivity index (χ3n) is 3.84. The van der Waals surface area contributed by atoms with E-state index >= 15 is 0 Å². The lowest BCUT2D eigenvalue weighted by molar-refractivity contribution is -0.0433. The van der Waals surface area contributed by atoms with Crippen LogP contribution in [0.25, 0.3) is 0 Å². The Balaban J connectivity index is 1.99. The normalized spacial score (nSPS) is 30.1. The molecule has 1 aromatic carbocycles. The fourth-order valence-electron chi connectivity index (χ4n) is 3.06. The Morgan fingerprint density at radius 3 is 2.39 bits per heavy atom. The molecule has 0 spiro atoms. The van der Waals surface area contributed by atoms with Crippen molar-refractivity contribution in [1.82, 2.24) is 5.32 Å². The molecule has 2 rings (SSSR count). The van der Waals surface area contributed by atoms with Gasteiger partial charge in [-0.2, -0.15) is 0 Å². The summed E-state index contributed by atoms with van der Waals surface area (Å²) in [4.78, 5) is 0. The Kier molecular flexibility index (Phi) is 4.41. The molecule has 3 atom stereocenters. The molecular weight excluding hydrogens is 222 g/mol. The molecule has 2 heteroatoms. The van der Waals surface area contributed by atoms with Crippen molar-refractivity contribution in [3.63, 3.8) is 0 Å². The van der Waals surface area contributed by atoms with Gasteiger partial charge in [-0.25, -0.2) is 0 Å². The molecule has 0 saturated carbocycles. The van der Waals surface area contributed by atoms with Gasteiger partial charge >= 0.3 is 0 Å². The van der Waals surface area contributed by atoms with Crippen molar-refractivity contribution in [1.29, 1.82) is 0 Å². The zero-order valence-corrected chi connectivity index (χ0v) is 11.9. The van der Waals surface area contributed by atoms with E-state index in [2.05, 4.69) is 57.3 Å². The molecule has 0 radical (unpaired) electrons. The molecule has 1 heterocycles. The number of nitrogens with one attached hydrogen (secondary N) is 1. The van der Waals surface area contributed by atoms with Gasteiger partial charge in [0, 0.05) is 12.1 Å². The summed E-state index contributed by atoms with van der Waals surface area (Å²) in [6.07, 6.45) is 2.96. The van der Waals surface area contributed by atoms with Gasteiger partial charge in [0.15, 0.2) is 0 Å². The molecule has 18 heavy (non-hydrogen) atoms. The van der Waals surface area contributed by atoms with Crippen molar-refractivity contribution in [2.24, 2.45) is 0 Å². The number of aryl methyl sites for hydroxylation is 1. The second-order valence-corrected chi connectivity index (χ2v) is 5.67. The zero-order valence-electron chi connectivity index (χ0n) is 11.9. The molecule has 0 aromatic heterocycles. The maximum atomic E-state index is 5.79. The van der Waals surface area contributed by atoms with E-state index in [1.165, 1.54) is 11.1 Å². The maximum Gasteiger partial charge on any atom is 0.0565 e. The fourth-order valence-corrected chi connectivity index (χ4v) is 3.06. The fraction of sp³-hybridized carbons (Fsp3) is 0.625. The van der Waals surface area contributed by atoms with Gasteiger partial charge in [-0.05, 0) is 51.7 Å². The van der Waals surface area contributed by atoms with Crippen molar-refractivity contribution in [2.75, 3.05) is 0 Å². The van der Waals surface area contributed by atoms with Crippen LogP contribution in [0.15, 0.2) is 24.3 Å². The molecule has 1 saturated heterocycles. The minimum atomic E-state index is 0.371. The van der Waals surface area contributed by atoms with E-state index in [4.69, 9.17) is 4.74 Å². The minimum Gasteiger partial charge on any atom is -0.375 e. The molecule has 0 aliphatic carbocycles. The summed E-state index contributed by atoms with van der Waals surface area (Å²) in [7, 11) is 0. The van der Waals surface area contributed by atoms with Gasteiger partial charge in [-0.3, -0.25) is 0 Å². The van der Waals surface area contributed by atoms with E-state index in [0.717, 1.165) is 12.8 Å². The van der Waals surface area contributed by atoms with Crippen LogP contribution in [0.4, 0.5) is 0 Å². The minimum absolute atomic E-state index is 0.371. The molecule has 100 valence electrons. The quantitative estimate of drug-likeness (QED) is 0.881. The Bertz CT molecular complexity index is 380. The second-order valence-electron chi connectivity index (χ2n) is 5.67. The zero-order chi connectivity index (χ0) is 13.1. The summed E-state index contributed by atoms with van der Waals surface area (Å²) in [5.74, 6) is 0. The number of hydrogen-bond donors (Lipinski definition) is 1. The van der Waals surface area contributed by atoms with E-state index in [1.54, 1.807) is 0 Å². The molecule has 1 aromatic rings. The lowest BCUT2D eigenvalue weighted by Crippen LogP contribution is -2.42. The van der Waals surface area contributed by atoms with Crippen LogP contribution in [0.5, 0.6) is 0 Å². The number of benzene rings is 1. The standard InChI is InChI=1S/C16H25NO/c1-11-7-5-6-8-16(11)14(4)17-15-9-12(2)18-13(3)10-15/h5-8,12-15,17H,9-10H2,1-4H3/t12?,13?,14-,15?/m1/s1. The highest BCUT2D eigenvalue weighted by Gasteiger charge is 2.25. The second kappa shape index (κ2) is 5.85. The largest absolute Gasteiger partial charge is 0.375 e. The van der Waals surface area contributed by atoms with E-state index < -0.39 is 0 Å². The lowest BCUT2D eigenvalue weighted by Gasteiger charge is -2.34. The number of rotatable bonds is 3. The monoisotopic (exact) mass is 247 g/mol. The Hall–Kier alpha value is -0.860. The topological polar surface area (TPSA) is 21.3 Å². The van der Waals surface area contributed by atoms with E-state index in [-0.39, 0.29) is 0 Å². The summed E-state index contributed by atoms with van der Waals surface area (Å²) in [6, 6.07) is 9.61. The van der Waals surface area contributed by atoms with Crippen LogP contribution >= 0.6 is 0 Å². The van der Waals surface area contributed by atoms with Gasteiger partial charge in [-0.15, -0.1) is 0 Å². The van der Waals surface area contributed by atoms with E-state index in [0.29, 0.717) is 24.3 Å². The van der Waals surface area contributed by atoms with Crippen LogP contribution < -0.4 is 5.32 Å². The highest BCUT2D eigenvalue weighted by Crippen LogP contribution is 2.23. The van der Waals surface area contributed by atoms with Crippen LogP contribution in [0.1, 0.15) is 50.8 Å². The van der Waals surface area contributed by atoms with Crippen LogP contribution in [-0.4, -0.2) is 18.2 Å². The lowest BCUT2D eigenvalue weighted by atomic mass is 9.96. The molecule has 1 aliphatic rings. The highest BCUT2D eigenvalue weighted by molar-refractivity contribution is 5.28. The van der Waals surface area contributed by atoms with Crippen molar-refractivity contribution in [3.05, 3.63) is 35.4 Å². The third kappa shape index (κ3) is 3.33. The van der Waals surface area contributed by atoms with Crippen LogP contribution in [0.2, 0.25) is 0 Å². The molecule has 1 aliphatic heterocycles. The SMILES string of the molecule is Cc1ccccc1[C@@H](C)NC1CC(C)OC(C)C1. The van der Waals surface area contributed by atoms with Crippen LogP contribution in [0.3, 0.4) is 0 Å². The first-order valence-corrected chi connectivity index (χ1v) is 7.03. The van der Waals surface area contributed by atoms with E-state index in [1.807, 2.05) is 0 Å². The van der Waals surface area contributed by atoms with Crippen LogP contribution in [-0.2, 0) is 4.74 Å². The van der Waals surface area contributed by atoms with Gasteiger partial charge in [0.25, 0.3) is 0 Å². The summed E-state index contributed by atoms with van der Waals surface area (Å²) in [5.41, 5.74) is 2.77. The molecule has 2 unspecified atom stereocenters. The van der Waals surface area contributed by atoms with Crippen LogP contribution in [0, 0.1) is 6.92 Å². The van der Waals surface area contributed by atoms with Crippen molar-refractivity contribution < 1.29 is 4.74 Å². The Morgan fingerprint density at radius 1 is 1.17 bits per heavy atom. The van der Waals surface area contributed by atoms with Gasteiger partial charge < -0.3 is 10.1 Å². The molecule has 2 nitrogen and oxygen atoms in total. The molecule has 1 fully saturated rings. The average molecular weight is 247 g/mol. The third-order valence-corrected chi connectivity index (χ3v) is 3.84. The average Bonchev–Trinajstić information content (AvgIpc) is 2.27. The smallest absolute Gasteiger partial charge is 0.0565 e. The Labute approximate surface area is 111 Å². The number of ether oxygens (including phenoxy) is 1. The first-order chi connectivity index (χ1) is 8.56. The molecule has 0 bridgehead atoms. The molecule has 1 N–H and O–H groups in total. The predicted octanol–water partition coefficient (Wildman–Crippen LogP) is 3.60. The first-order valence-electron chi connectivity index (χ1n) is 7.03. The summed E-state index contributed by atoms with van der Waals surface area (Å²) >= 11 is 0. The van der Waals surface area contributed by atoms with Gasteiger partial charge in [0.2, 0.25) is 0 Å². The van der Waals surface area contributed by atoms with Crippen molar-refractivity contribution in [2.45, 2.75) is 64.8 Å². The Morgan fingerprint density at radius 2 is 1.78 bits per heavy atom. The van der Waals surface area contributed by atoms with E-state index in [9.17, 15) is 0 Å². The predicted molar refractivity (Wildman–Crippen MR) is 75.8 cm³/mol. The maximum absolute atomic E-state index is 5.79. The summed E-state index contributed by atoms with van der Waals surface area (Å²) < 4.78 is 5.79. The van der Waals surface area contributed by atoms with Gasteiger partial charge in [0.1, 0.15) is 0 Å². The van der Waals surface area contributed by atoms with Crippen molar-refractivity contribution in [3.8, 4) is 0 Å². The molecular formula is C16H25NO. The molecule has 0 amide bonds. The highest BCUT2D eigenvalue weighted by atomic mass is 16.5. The summed E-state index contributed by atoms with van der Waals surface area (Å²) in [5, 5.41) is 3.76. The number of hydrogen-bond acceptors (Lipinski definition) is 2. The van der Waals surface area contributed by atoms with Gasteiger partial charge in [0.05, 0.1) is 12.2 Å². The van der Waals surface area contributed by atoms with Crippen molar-refractivity contribution >= 4 is 0 Å². The van der Waals surface area contributed by atoms with Gasteiger partial charge in [-0.1, -0.05) is 24.3 Å².